The maximum absolute atomic E-state index is 13.2. The molecular weight excluding hydrogens is 508 g/mol. The lowest BCUT2D eigenvalue weighted by molar-refractivity contribution is -0.146. The predicted molar refractivity (Wildman–Crippen MR) is 152 cm³/mol. The molecule has 3 N–H and O–H groups in total. The Labute approximate surface area is 234 Å². The van der Waals surface area contributed by atoms with Crippen LogP contribution in [0.2, 0.25) is 0 Å². The largest absolute Gasteiger partial charge is 0.480 e. The first kappa shape index (κ1) is 28.8. The number of rotatable bonds is 12. The van der Waals surface area contributed by atoms with Gasteiger partial charge in [-0.3, -0.25) is 4.79 Å². The van der Waals surface area contributed by atoms with Gasteiger partial charge in [-0.05, 0) is 47.1 Å². The number of carboxylic acids is 1. The van der Waals surface area contributed by atoms with Crippen molar-refractivity contribution in [3.05, 3.63) is 95.6 Å². The molecule has 8 heteroatoms. The van der Waals surface area contributed by atoms with Crippen molar-refractivity contribution in [2.24, 2.45) is 5.92 Å². The summed E-state index contributed by atoms with van der Waals surface area (Å²) in [5, 5.41) is 15.0. The van der Waals surface area contributed by atoms with Crippen LogP contribution >= 0.6 is 0 Å². The Bertz CT molecular complexity index is 1280. The van der Waals surface area contributed by atoms with Crippen LogP contribution in [0.4, 0.5) is 4.79 Å². The number of amides is 2. The minimum atomic E-state index is -1.30. The minimum absolute atomic E-state index is 0.0552. The van der Waals surface area contributed by atoms with E-state index in [1.54, 1.807) is 6.92 Å². The van der Waals surface area contributed by atoms with Crippen LogP contribution in [-0.2, 0) is 25.7 Å². The molecule has 210 valence electrons. The van der Waals surface area contributed by atoms with Crippen LogP contribution < -0.4 is 10.6 Å². The summed E-state index contributed by atoms with van der Waals surface area (Å²) in [7, 11) is 0. The standard InChI is InChI=1S/C32H36N2O6/c1-20(2)17-28(30(35)34-29(31(36)37)21(3)39-18-22-11-5-4-6-12-22)33-32(38)40-19-27-25-15-9-7-13-23(25)24-14-8-10-16-26(24)27/h4-16,20-21,27-29H,17-19H2,1-3H3,(H,33,38)(H,34,35)(H,36,37)/t21-,28-,29+/m0/s1. The summed E-state index contributed by atoms with van der Waals surface area (Å²) >= 11 is 0. The van der Waals surface area contributed by atoms with Crippen molar-refractivity contribution >= 4 is 18.0 Å². The fourth-order valence-electron chi connectivity index (χ4n) is 5.02. The molecule has 0 spiro atoms. The summed E-state index contributed by atoms with van der Waals surface area (Å²) in [6.45, 7) is 5.74. The Morgan fingerprint density at radius 3 is 1.98 bits per heavy atom. The van der Waals surface area contributed by atoms with Crippen LogP contribution in [0.15, 0.2) is 78.9 Å². The van der Waals surface area contributed by atoms with Crippen LogP contribution in [0.1, 0.15) is 49.8 Å². The zero-order valence-electron chi connectivity index (χ0n) is 23.0. The monoisotopic (exact) mass is 544 g/mol. The summed E-state index contributed by atoms with van der Waals surface area (Å²) in [4.78, 5) is 38.1. The van der Waals surface area contributed by atoms with E-state index in [9.17, 15) is 19.5 Å². The first-order valence-electron chi connectivity index (χ1n) is 13.5. The van der Waals surface area contributed by atoms with Crippen molar-refractivity contribution in [3.63, 3.8) is 0 Å². The Hall–Kier alpha value is -4.17. The number of carbonyl (C=O) groups excluding carboxylic acids is 2. The Morgan fingerprint density at radius 1 is 0.825 bits per heavy atom. The molecule has 0 heterocycles. The average molecular weight is 545 g/mol. The molecule has 3 aromatic carbocycles. The van der Waals surface area contributed by atoms with Gasteiger partial charge in [-0.2, -0.15) is 0 Å². The van der Waals surface area contributed by atoms with Crippen LogP contribution in [-0.4, -0.2) is 47.9 Å². The third-order valence-corrected chi connectivity index (χ3v) is 7.05. The van der Waals surface area contributed by atoms with E-state index in [0.29, 0.717) is 6.42 Å². The molecule has 2 amide bonds. The third kappa shape index (κ3) is 7.07. The number of hydrogen-bond acceptors (Lipinski definition) is 5. The normalized spacial score (nSPS) is 14.5. The van der Waals surface area contributed by atoms with Gasteiger partial charge in [-0.15, -0.1) is 0 Å². The van der Waals surface area contributed by atoms with Gasteiger partial charge in [-0.25, -0.2) is 9.59 Å². The van der Waals surface area contributed by atoms with Crippen LogP contribution in [0.25, 0.3) is 11.1 Å². The number of hydrogen-bond donors (Lipinski definition) is 3. The van der Waals surface area contributed by atoms with E-state index in [1.165, 1.54) is 0 Å². The van der Waals surface area contributed by atoms with E-state index in [2.05, 4.69) is 22.8 Å². The van der Waals surface area contributed by atoms with Crippen molar-refractivity contribution < 1.29 is 29.0 Å². The van der Waals surface area contributed by atoms with Crippen molar-refractivity contribution in [1.82, 2.24) is 10.6 Å². The molecule has 0 unspecified atom stereocenters. The maximum Gasteiger partial charge on any atom is 0.407 e. The second-order valence-electron chi connectivity index (χ2n) is 10.5. The number of alkyl carbamates (subject to hydrolysis) is 1. The summed E-state index contributed by atoms with van der Waals surface area (Å²) in [5.74, 6) is -1.89. The average Bonchev–Trinajstić information content (AvgIpc) is 3.26. The lowest BCUT2D eigenvalue weighted by Crippen LogP contribution is -2.55. The second-order valence-corrected chi connectivity index (χ2v) is 10.5. The first-order valence-corrected chi connectivity index (χ1v) is 13.5. The quantitative estimate of drug-likeness (QED) is 0.292. The summed E-state index contributed by atoms with van der Waals surface area (Å²) in [6.07, 6.45) is -1.24. The van der Waals surface area contributed by atoms with Gasteiger partial charge in [-0.1, -0.05) is 92.7 Å². The first-order chi connectivity index (χ1) is 19.2. The lowest BCUT2D eigenvalue weighted by Gasteiger charge is -2.26. The number of ether oxygens (including phenoxy) is 2. The van der Waals surface area contributed by atoms with Gasteiger partial charge in [0.1, 0.15) is 12.6 Å². The molecule has 0 aliphatic heterocycles. The highest BCUT2D eigenvalue weighted by atomic mass is 16.5. The molecular formula is C32H36N2O6. The smallest absolute Gasteiger partial charge is 0.407 e. The van der Waals surface area contributed by atoms with E-state index in [-0.39, 0.29) is 25.0 Å². The fraction of sp³-hybridized carbons (Fsp3) is 0.344. The van der Waals surface area contributed by atoms with Gasteiger partial charge < -0.3 is 25.2 Å². The Kier molecular flexibility index (Phi) is 9.56. The van der Waals surface area contributed by atoms with Crippen LogP contribution in [0.3, 0.4) is 0 Å². The minimum Gasteiger partial charge on any atom is -0.480 e. The predicted octanol–water partition coefficient (Wildman–Crippen LogP) is 5.11. The fourth-order valence-corrected chi connectivity index (χ4v) is 5.02. The topological polar surface area (TPSA) is 114 Å². The van der Waals surface area contributed by atoms with E-state index in [0.717, 1.165) is 27.8 Å². The van der Waals surface area contributed by atoms with Gasteiger partial charge >= 0.3 is 12.1 Å². The van der Waals surface area contributed by atoms with Gasteiger partial charge in [0.15, 0.2) is 6.04 Å². The molecule has 0 aromatic heterocycles. The van der Waals surface area contributed by atoms with Crippen molar-refractivity contribution in [3.8, 4) is 11.1 Å². The third-order valence-electron chi connectivity index (χ3n) is 7.05. The Morgan fingerprint density at radius 2 is 1.40 bits per heavy atom. The maximum atomic E-state index is 13.2. The highest BCUT2D eigenvalue weighted by molar-refractivity contribution is 5.89. The molecule has 0 saturated heterocycles. The molecule has 0 fully saturated rings. The summed E-state index contributed by atoms with van der Waals surface area (Å²) < 4.78 is 11.4. The number of nitrogens with one attached hydrogen (secondary N) is 2. The number of fused-ring (bicyclic) bond motifs is 3. The van der Waals surface area contributed by atoms with E-state index in [1.807, 2.05) is 80.6 Å². The van der Waals surface area contributed by atoms with Gasteiger partial charge in [0.25, 0.3) is 0 Å². The number of carboxylic acid groups (broad SMARTS) is 1. The van der Waals surface area contributed by atoms with Gasteiger partial charge in [0.05, 0.1) is 12.7 Å². The highest BCUT2D eigenvalue weighted by Crippen LogP contribution is 2.44. The van der Waals surface area contributed by atoms with E-state index < -0.39 is 36.2 Å². The van der Waals surface area contributed by atoms with Crippen molar-refractivity contribution in [2.75, 3.05) is 6.61 Å². The zero-order valence-corrected chi connectivity index (χ0v) is 23.0. The molecule has 0 radical (unpaired) electrons. The van der Waals surface area contributed by atoms with Crippen molar-refractivity contribution in [2.45, 2.75) is 57.9 Å². The zero-order chi connectivity index (χ0) is 28.6. The molecule has 4 rings (SSSR count). The number of aliphatic carboxylic acids is 1. The number of carbonyl (C=O) groups is 3. The van der Waals surface area contributed by atoms with Crippen LogP contribution in [0.5, 0.6) is 0 Å². The van der Waals surface area contributed by atoms with Crippen molar-refractivity contribution in [1.29, 1.82) is 0 Å². The Balaban J connectivity index is 1.38. The molecule has 8 nitrogen and oxygen atoms in total. The second kappa shape index (κ2) is 13.3. The molecule has 0 saturated carbocycles. The molecule has 40 heavy (non-hydrogen) atoms. The molecule has 1 aliphatic rings. The van der Waals surface area contributed by atoms with Gasteiger partial charge in [0, 0.05) is 5.92 Å². The SMILES string of the molecule is CC(C)C[C@H](NC(=O)OCC1c2ccccc2-c2ccccc21)C(=O)N[C@@H](C(=O)O)[C@H](C)OCc1ccccc1. The molecule has 3 aromatic rings. The summed E-state index contributed by atoms with van der Waals surface area (Å²) in [5.41, 5.74) is 5.29. The van der Waals surface area contributed by atoms with Gasteiger partial charge in [0.2, 0.25) is 5.91 Å². The molecule has 1 aliphatic carbocycles. The van der Waals surface area contributed by atoms with E-state index >= 15 is 0 Å². The van der Waals surface area contributed by atoms with E-state index in [4.69, 9.17) is 9.47 Å². The highest BCUT2D eigenvalue weighted by Gasteiger charge is 2.33. The molecule has 3 atom stereocenters. The lowest BCUT2D eigenvalue weighted by atomic mass is 9.98. The van der Waals surface area contributed by atoms with Crippen LogP contribution in [0, 0.1) is 5.92 Å². The molecule has 0 bridgehead atoms. The number of benzene rings is 3. The summed E-state index contributed by atoms with van der Waals surface area (Å²) in [6, 6.07) is 23.2.